The van der Waals surface area contributed by atoms with Crippen LogP contribution < -0.4 is 0 Å². The first-order valence-electron chi connectivity index (χ1n) is 2.97. The smallest absolute Gasteiger partial charge is 0.285 e. The van der Waals surface area contributed by atoms with Crippen LogP contribution in [0.3, 0.4) is 0 Å². The van der Waals surface area contributed by atoms with Crippen LogP contribution in [-0.2, 0) is 5.24 Å². The summed E-state index contributed by atoms with van der Waals surface area (Å²) >= 11 is 0. The first-order valence-corrected chi connectivity index (χ1v) is 2.97. The highest BCUT2D eigenvalue weighted by atomic mass is 16.6. The maximum absolute atomic E-state index is 10.2. The molecule has 0 aliphatic heterocycles. The van der Waals surface area contributed by atoms with Gasteiger partial charge in [0.1, 0.15) is 12.4 Å². The minimum absolute atomic E-state index is 0.208. The van der Waals surface area contributed by atoms with Crippen molar-refractivity contribution in [1.29, 1.82) is 0 Å². The lowest BCUT2D eigenvalue weighted by Gasteiger charge is -2.19. The van der Waals surface area contributed by atoms with Crippen molar-refractivity contribution in [3.05, 3.63) is 22.5 Å². The van der Waals surface area contributed by atoms with Crippen LogP contribution in [0, 0.1) is 10.1 Å². The Balaban J connectivity index is 3.00. The van der Waals surface area contributed by atoms with Gasteiger partial charge in [0.25, 0.3) is 0 Å². The predicted molar refractivity (Wildman–Crippen MR) is 44.1 cm³/mol. The lowest BCUT2D eigenvalue weighted by molar-refractivity contribution is -0.385. The van der Waals surface area contributed by atoms with Crippen molar-refractivity contribution in [2.24, 2.45) is 0 Å². The maximum atomic E-state index is 10.2. The Labute approximate surface area is 72.5 Å². The molecule has 12 heavy (non-hydrogen) atoms. The van der Waals surface area contributed by atoms with Crippen molar-refractivity contribution in [3.8, 4) is 0 Å². The fourth-order valence-corrected chi connectivity index (χ4v) is 0.619. The van der Waals surface area contributed by atoms with Gasteiger partial charge < -0.3 is 0 Å². The van der Waals surface area contributed by atoms with E-state index in [4.69, 9.17) is 23.5 Å². The molecular weight excluding hydrogens is 154 g/mol. The Morgan fingerprint density at radius 1 is 1.58 bits per heavy atom. The molecule has 0 unspecified atom stereocenters. The van der Waals surface area contributed by atoms with Gasteiger partial charge in [0, 0.05) is 0 Å². The van der Waals surface area contributed by atoms with E-state index in [1.165, 1.54) is 0 Å². The number of nitro groups is 1. The van der Waals surface area contributed by atoms with Crippen molar-refractivity contribution in [1.82, 2.24) is 9.78 Å². The van der Waals surface area contributed by atoms with Gasteiger partial charge in [-0.05, 0) is 5.24 Å². The van der Waals surface area contributed by atoms with Crippen LogP contribution >= 0.6 is 0 Å². The van der Waals surface area contributed by atoms with Gasteiger partial charge in [-0.25, -0.2) is 0 Å². The van der Waals surface area contributed by atoms with E-state index in [-0.39, 0.29) is 5.69 Å². The van der Waals surface area contributed by atoms with Crippen LogP contribution in [0.25, 0.3) is 0 Å². The fraction of sp³-hybridized carbons (Fsp3) is 0.250. The number of hydrogen-bond acceptors (Lipinski definition) is 3. The van der Waals surface area contributed by atoms with E-state index in [0.29, 0.717) is 0 Å². The molecule has 5 nitrogen and oxygen atoms in total. The summed E-state index contributed by atoms with van der Waals surface area (Å²) in [5.41, 5.74) is -0.208. The lowest BCUT2D eigenvalue weighted by Crippen LogP contribution is -2.35. The van der Waals surface area contributed by atoms with E-state index in [1.54, 1.807) is 0 Å². The third-order valence-electron chi connectivity index (χ3n) is 1.18. The van der Waals surface area contributed by atoms with E-state index in [0.717, 1.165) is 17.1 Å². The zero-order valence-electron chi connectivity index (χ0n) is 6.04. The summed E-state index contributed by atoms with van der Waals surface area (Å²) < 4.78 is 0.908. The molecule has 8 heteroatoms. The van der Waals surface area contributed by atoms with Crippen LogP contribution in [-0.4, -0.2) is 38.2 Å². The monoisotopic (exact) mass is 157 g/mol. The van der Waals surface area contributed by atoms with Crippen LogP contribution in [0.5, 0.6) is 0 Å². The summed E-state index contributed by atoms with van der Waals surface area (Å²) in [6.45, 7) is 0. The lowest BCUT2D eigenvalue weighted by atomic mass is 9.49. The topological polar surface area (TPSA) is 61.0 Å². The van der Waals surface area contributed by atoms with Crippen molar-refractivity contribution >= 4 is 29.2 Å². The van der Waals surface area contributed by atoms with Crippen LogP contribution in [0.15, 0.2) is 12.4 Å². The molecule has 1 aromatic heterocycles. The summed E-state index contributed by atoms with van der Waals surface area (Å²) in [6, 6.07) is 0. The van der Waals surface area contributed by atoms with E-state index in [2.05, 4.69) is 5.10 Å². The molecule has 0 saturated heterocycles. The van der Waals surface area contributed by atoms with Gasteiger partial charge in [-0.2, -0.15) is 5.10 Å². The Morgan fingerprint density at radius 2 is 2.17 bits per heavy atom. The molecular formula is C4H2B3N3O2. The van der Waals surface area contributed by atoms with Gasteiger partial charge in [-0.3, -0.25) is 14.8 Å². The molecule has 0 amide bonds. The zero-order chi connectivity index (χ0) is 9.35. The minimum atomic E-state index is -1.70. The van der Waals surface area contributed by atoms with Crippen LogP contribution in [0.4, 0.5) is 5.69 Å². The van der Waals surface area contributed by atoms with Crippen molar-refractivity contribution in [3.63, 3.8) is 0 Å². The van der Waals surface area contributed by atoms with E-state index in [9.17, 15) is 10.1 Å². The summed E-state index contributed by atoms with van der Waals surface area (Å²) in [6.07, 6.45) is 2.07. The van der Waals surface area contributed by atoms with E-state index in [1.807, 2.05) is 0 Å². The normalized spacial score (nSPS) is 11.3. The van der Waals surface area contributed by atoms with Crippen molar-refractivity contribution in [2.75, 3.05) is 0 Å². The first-order chi connectivity index (χ1) is 5.41. The van der Waals surface area contributed by atoms with Crippen LogP contribution in [0.1, 0.15) is 0 Å². The highest BCUT2D eigenvalue weighted by Crippen LogP contribution is 2.10. The summed E-state index contributed by atoms with van der Waals surface area (Å²) in [4.78, 5) is 9.56. The van der Waals surface area contributed by atoms with Gasteiger partial charge in [-0.1, -0.05) is 0 Å². The average Bonchev–Trinajstić information content (AvgIpc) is 2.30. The Hall–Kier alpha value is -1.20. The second-order valence-corrected chi connectivity index (χ2v) is 2.29. The summed E-state index contributed by atoms with van der Waals surface area (Å²) in [5.74, 6) is 0. The Bertz CT molecular complexity index is 305. The maximum Gasteiger partial charge on any atom is 0.306 e. The van der Waals surface area contributed by atoms with Gasteiger partial charge in [0.15, 0.2) is 0 Å². The third kappa shape index (κ3) is 1.69. The molecule has 1 heterocycles. The van der Waals surface area contributed by atoms with Crippen LogP contribution in [0.2, 0.25) is 0 Å². The molecule has 0 fully saturated rings. The second kappa shape index (κ2) is 2.69. The SMILES string of the molecule is [B]C([B])([B])n1cc([N+](=O)[O-])cn1. The molecule has 0 bridgehead atoms. The van der Waals surface area contributed by atoms with E-state index >= 15 is 0 Å². The standard InChI is InChI=1S/C4H2B3N3O2/c5-4(6,7)9-2-3(1-8-9)10(11)12/h1-2H. The molecule has 0 aliphatic carbocycles. The van der Waals surface area contributed by atoms with Gasteiger partial charge in [0.05, 0.1) is 28.5 Å². The molecule has 0 spiro atoms. The molecule has 0 saturated carbocycles. The summed E-state index contributed by atoms with van der Waals surface area (Å²) in [5, 5.41) is 12.0. The molecule has 54 valence electrons. The highest BCUT2D eigenvalue weighted by Gasteiger charge is 2.16. The number of nitrogens with zero attached hydrogens (tertiary/aromatic N) is 3. The number of aromatic nitrogens is 2. The number of rotatable bonds is 2. The predicted octanol–water partition coefficient (Wildman–Crippen LogP) is -1.14. The average molecular weight is 157 g/mol. The molecule has 1 rings (SSSR count). The molecule has 0 aliphatic rings. The largest absolute Gasteiger partial charge is 0.306 e. The zero-order valence-corrected chi connectivity index (χ0v) is 6.04. The Kier molecular flexibility index (Phi) is 2.00. The molecule has 1 aromatic rings. The molecule has 0 aromatic carbocycles. The number of hydrogen-bond donors (Lipinski definition) is 0. The van der Waals surface area contributed by atoms with Gasteiger partial charge in [-0.15, -0.1) is 0 Å². The molecule has 0 atom stereocenters. The fourth-order valence-electron chi connectivity index (χ4n) is 0.619. The van der Waals surface area contributed by atoms with Crippen molar-refractivity contribution in [2.45, 2.75) is 5.24 Å². The third-order valence-corrected chi connectivity index (χ3v) is 1.18. The quantitative estimate of drug-likeness (QED) is 0.309. The van der Waals surface area contributed by atoms with Gasteiger partial charge in [0.2, 0.25) is 0 Å². The van der Waals surface area contributed by atoms with Gasteiger partial charge >= 0.3 is 5.69 Å². The first kappa shape index (κ1) is 8.90. The highest BCUT2D eigenvalue weighted by molar-refractivity contribution is 6.56. The summed E-state index contributed by atoms with van der Waals surface area (Å²) in [7, 11) is 15.6. The second-order valence-electron chi connectivity index (χ2n) is 2.29. The minimum Gasteiger partial charge on any atom is -0.285 e. The Morgan fingerprint density at radius 3 is 2.42 bits per heavy atom. The van der Waals surface area contributed by atoms with Crippen molar-refractivity contribution < 1.29 is 4.92 Å². The molecule has 0 N–H and O–H groups in total. The van der Waals surface area contributed by atoms with E-state index < -0.39 is 10.2 Å². The molecule has 6 radical (unpaired) electrons.